The van der Waals surface area contributed by atoms with Gasteiger partial charge in [0.05, 0.1) is 12.1 Å². The maximum Gasteiger partial charge on any atom is 0.226 e. The third kappa shape index (κ3) is 1.87. The van der Waals surface area contributed by atoms with E-state index in [2.05, 4.69) is 10.3 Å². The second-order valence-electron chi connectivity index (χ2n) is 3.84. The van der Waals surface area contributed by atoms with Gasteiger partial charge in [0.25, 0.3) is 0 Å². The Hall–Kier alpha value is -1.36. The lowest BCUT2D eigenvalue weighted by atomic mass is 10.3. The van der Waals surface area contributed by atoms with E-state index in [1.165, 1.54) is 0 Å². The molecule has 2 aromatic rings. The molecular weight excluding hydrogens is 210 g/mol. The minimum Gasteiger partial charge on any atom is -0.353 e. The van der Waals surface area contributed by atoms with E-state index in [0.29, 0.717) is 12.5 Å². The van der Waals surface area contributed by atoms with Crippen molar-refractivity contribution in [2.75, 3.05) is 0 Å². The summed E-state index contributed by atoms with van der Waals surface area (Å²) >= 11 is 1.58. The Kier molecular flexibility index (Phi) is 1.98. The first-order chi connectivity index (χ1) is 7.31. The molecule has 0 radical (unpaired) electrons. The van der Waals surface area contributed by atoms with E-state index in [-0.39, 0.29) is 5.91 Å². The highest BCUT2D eigenvalue weighted by Crippen LogP contribution is 2.19. The molecule has 15 heavy (non-hydrogen) atoms. The Morgan fingerprint density at radius 1 is 1.67 bits per heavy atom. The van der Waals surface area contributed by atoms with Gasteiger partial charge >= 0.3 is 0 Å². The molecule has 0 saturated heterocycles. The molecule has 3 rings (SSSR count). The van der Waals surface area contributed by atoms with Crippen LogP contribution in [0.5, 0.6) is 0 Å². The summed E-state index contributed by atoms with van der Waals surface area (Å²) in [5.41, 5.74) is 0.847. The van der Waals surface area contributed by atoms with Crippen molar-refractivity contribution in [1.82, 2.24) is 14.7 Å². The van der Waals surface area contributed by atoms with Crippen LogP contribution < -0.4 is 5.32 Å². The first-order valence-corrected chi connectivity index (χ1v) is 5.90. The Morgan fingerprint density at radius 2 is 2.53 bits per heavy atom. The van der Waals surface area contributed by atoms with Crippen LogP contribution in [0.4, 0.5) is 0 Å². The summed E-state index contributed by atoms with van der Waals surface area (Å²) in [7, 11) is 0. The molecule has 1 aliphatic rings. The summed E-state index contributed by atoms with van der Waals surface area (Å²) in [6, 6.07) is 0.432. The molecule has 1 N–H and O–H groups in total. The van der Waals surface area contributed by atoms with Crippen LogP contribution >= 0.6 is 11.3 Å². The van der Waals surface area contributed by atoms with Crippen molar-refractivity contribution in [3.63, 3.8) is 0 Å². The third-order valence-corrected chi connectivity index (χ3v) is 3.20. The monoisotopic (exact) mass is 221 g/mol. The Bertz CT molecular complexity index is 469. The number of hydrogen-bond donors (Lipinski definition) is 1. The zero-order valence-corrected chi connectivity index (χ0v) is 8.96. The first-order valence-electron chi connectivity index (χ1n) is 5.02. The SMILES string of the molecule is O=C(Cc1cn2ccsc2n1)NC1CC1. The van der Waals surface area contributed by atoms with Crippen LogP contribution in [0.25, 0.3) is 4.96 Å². The molecule has 0 aromatic carbocycles. The fourth-order valence-electron chi connectivity index (χ4n) is 1.53. The number of aromatic nitrogens is 2. The molecule has 2 heterocycles. The van der Waals surface area contributed by atoms with E-state index in [4.69, 9.17) is 0 Å². The number of thiazole rings is 1. The Morgan fingerprint density at radius 3 is 3.27 bits per heavy atom. The predicted molar refractivity (Wildman–Crippen MR) is 57.9 cm³/mol. The number of nitrogens with zero attached hydrogens (tertiary/aromatic N) is 2. The standard InChI is InChI=1S/C10H11N3OS/c14-9(11-7-1-2-7)5-8-6-13-3-4-15-10(13)12-8/h3-4,6-7H,1-2,5H2,(H,11,14). The second-order valence-corrected chi connectivity index (χ2v) is 4.72. The van der Waals surface area contributed by atoms with Crippen LogP contribution in [0.2, 0.25) is 0 Å². The molecule has 5 heteroatoms. The van der Waals surface area contributed by atoms with Crippen LogP contribution in [0.1, 0.15) is 18.5 Å². The van der Waals surface area contributed by atoms with Gasteiger partial charge in [-0.05, 0) is 12.8 Å². The summed E-state index contributed by atoms with van der Waals surface area (Å²) in [4.78, 5) is 16.8. The normalized spacial score (nSPS) is 15.7. The zero-order valence-electron chi connectivity index (χ0n) is 8.14. The highest BCUT2D eigenvalue weighted by atomic mass is 32.1. The first kappa shape index (κ1) is 8.91. The van der Waals surface area contributed by atoms with E-state index in [0.717, 1.165) is 23.5 Å². The number of rotatable bonds is 3. The van der Waals surface area contributed by atoms with Gasteiger partial charge in [0.1, 0.15) is 0 Å². The molecular formula is C10H11N3OS. The summed E-state index contributed by atoms with van der Waals surface area (Å²) < 4.78 is 1.95. The maximum atomic E-state index is 11.5. The van der Waals surface area contributed by atoms with Gasteiger partial charge in [-0.25, -0.2) is 4.98 Å². The van der Waals surface area contributed by atoms with E-state index in [1.807, 2.05) is 22.2 Å². The van der Waals surface area contributed by atoms with Gasteiger partial charge in [-0.15, -0.1) is 11.3 Å². The van der Waals surface area contributed by atoms with E-state index in [9.17, 15) is 4.79 Å². The number of fused-ring (bicyclic) bond motifs is 1. The van der Waals surface area contributed by atoms with Crippen molar-refractivity contribution in [3.05, 3.63) is 23.5 Å². The Balaban J connectivity index is 1.71. The number of carbonyl (C=O) groups is 1. The van der Waals surface area contributed by atoms with Crippen LogP contribution in [-0.4, -0.2) is 21.3 Å². The fraction of sp³-hybridized carbons (Fsp3) is 0.400. The summed E-state index contributed by atoms with van der Waals surface area (Å²) in [6.07, 6.45) is 6.52. The smallest absolute Gasteiger partial charge is 0.226 e. The molecule has 2 aromatic heterocycles. The van der Waals surface area contributed by atoms with Crippen LogP contribution in [-0.2, 0) is 11.2 Å². The lowest BCUT2D eigenvalue weighted by molar-refractivity contribution is -0.120. The lowest BCUT2D eigenvalue weighted by Crippen LogP contribution is -2.27. The molecule has 1 aliphatic carbocycles. The minimum atomic E-state index is 0.0863. The minimum absolute atomic E-state index is 0.0863. The number of imidazole rings is 1. The fourth-order valence-corrected chi connectivity index (χ4v) is 2.25. The zero-order chi connectivity index (χ0) is 10.3. The summed E-state index contributed by atoms with van der Waals surface area (Å²) in [5.74, 6) is 0.0863. The second kappa shape index (κ2) is 3.34. The maximum absolute atomic E-state index is 11.5. The molecule has 4 nitrogen and oxygen atoms in total. The predicted octanol–water partition coefficient (Wildman–Crippen LogP) is 1.22. The van der Waals surface area contributed by atoms with E-state index >= 15 is 0 Å². The molecule has 1 fully saturated rings. The van der Waals surface area contributed by atoms with Crippen molar-refractivity contribution in [2.45, 2.75) is 25.3 Å². The van der Waals surface area contributed by atoms with E-state index < -0.39 is 0 Å². The van der Waals surface area contributed by atoms with Crippen molar-refractivity contribution in [1.29, 1.82) is 0 Å². The molecule has 1 amide bonds. The molecule has 0 bridgehead atoms. The number of hydrogen-bond acceptors (Lipinski definition) is 3. The van der Waals surface area contributed by atoms with Crippen LogP contribution in [0, 0.1) is 0 Å². The van der Waals surface area contributed by atoms with Crippen molar-refractivity contribution in [2.24, 2.45) is 0 Å². The highest BCUT2D eigenvalue weighted by molar-refractivity contribution is 7.15. The summed E-state index contributed by atoms with van der Waals surface area (Å²) in [5, 5.41) is 4.94. The van der Waals surface area contributed by atoms with Crippen molar-refractivity contribution in [3.8, 4) is 0 Å². The number of nitrogens with one attached hydrogen (secondary N) is 1. The van der Waals surface area contributed by atoms with Gasteiger partial charge in [0.15, 0.2) is 4.96 Å². The van der Waals surface area contributed by atoms with Gasteiger partial charge in [-0.2, -0.15) is 0 Å². The van der Waals surface area contributed by atoms with Gasteiger partial charge in [-0.3, -0.25) is 9.20 Å². The van der Waals surface area contributed by atoms with Gasteiger partial charge < -0.3 is 5.32 Å². The molecule has 0 spiro atoms. The summed E-state index contributed by atoms with van der Waals surface area (Å²) in [6.45, 7) is 0. The largest absolute Gasteiger partial charge is 0.353 e. The average molecular weight is 221 g/mol. The van der Waals surface area contributed by atoms with E-state index in [1.54, 1.807) is 11.3 Å². The Labute approximate surface area is 90.9 Å². The highest BCUT2D eigenvalue weighted by Gasteiger charge is 2.23. The molecule has 0 aliphatic heterocycles. The molecule has 1 saturated carbocycles. The van der Waals surface area contributed by atoms with Crippen LogP contribution in [0.3, 0.4) is 0 Å². The number of carbonyl (C=O) groups excluding carboxylic acids is 1. The quantitative estimate of drug-likeness (QED) is 0.847. The lowest BCUT2D eigenvalue weighted by Gasteiger charge is -1.99. The molecule has 0 unspecified atom stereocenters. The number of amides is 1. The third-order valence-electron chi connectivity index (χ3n) is 2.43. The van der Waals surface area contributed by atoms with Gasteiger partial charge in [0.2, 0.25) is 5.91 Å². The molecule has 0 atom stereocenters. The molecule has 78 valence electrons. The van der Waals surface area contributed by atoms with Crippen molar-refractivity contribution < 1.29 is 4.79 Å². The average Bonchev–Trinajstić information content (AvgIpc) is 2.73. The van der Waals surface area contributed by atoms with Crippen LogP contribution in [0.15, 0.2) is 17.8 Å². The van der Waals surface area contributed by atoms with Crippen molar-refractivity contribution >= 4 is 22.2 Å². The van der Waals surface area contributed by atoms with Gasteiger partial charge in [-0.1, -0.05) is 0 Å². The topological polar surface area (TPSA) is 46.4 Å². The van der Waals surface area contributed by atoms with Gasteiger partial charge in [0, 0.05) is 23.8 Å².